The number of thiophene rings is 1. The lowest BCUT2D eigenvalue weighted by Crippen LogP contribution is -2.12. The van der Waals surface area contributed by atoms with Crippen molar-refractivity contribution in [3.8, 4) is 0 Å². The first-order valence-electron chi connectivity index (χ1n) is 3.25. The van der Waals surface area contributed by atoms with E-state index in [9.17, 15) is 10.1 Å². The summed E-state index contributed by atoms with van der Waals surface area (Å²) < 4.78 is 0. The highest BCUT2D eigenvalue weighted by Crippen LogP contribution is 2.27. The summed E-state index contributed by atoms with van der Waals surface area (Å²) in [7, 11) is 0. The second-order valence-electron chi connectivity index (χ2n) is 2.22. The van der Waals surface area contributed by atoms with E-state index in [0.29, 0.717) is 4.88 Å². The van der Waals surface area contributed by atoms with Crippen molar-refractivity contribution in [3.63, 3.8) is 0 Å². The Bertz CT molecular complexity index is 291. The third kappa shape index (κ3) is 2.92. The van der Waals surface area contributed by atoms with Crippen molar-refractivity contribution in [2.24, 2.45) is 5.73 Å². The molecule has 0 saturated heterocycles. The molecule has 74 valence electrons. The number of nitro groups is 1. The van der Waals surface area contributed by atoms with Crippen LogP contribution in [0, 0.1) is 10.1 Å². The summed E-state index contributed by atoms with van der Waals surface area (Å²) in [5.41, 5.74) is 5.45. The fraction of sp³-hybridized carbons (Fsp3) is 0.333. The molecule has 1 heterocycles. The van der Waals surface area contributed by atoms with Gasteiger partial charge in [0.15, 0.2) is 0 Å². The monoisotopic (exact) mass is 224 g/mol. The number of nitrogens with two attached hydrogens (primary N) is 1. The first-order chi connectivity index (χ1) is 5.65. The average Bonchev–Trinajstić information content (AvgIpc) is 2.51. The van der Waals surface area contributed by atoms with E-state index in [-0.39, 0.29) is 24.0 Å². The second-order valence-corrected chi connectivity index (χ2v) is 3.32. The SMILES string of the molecule is Cl.N[C@H](CO)c1ccc([N+](=O)[O-])s1. The molecule has 0 bridgehead atoms. The zero-order chi connectivity index (χ0) is 9.14. The third-order valence-corrected chi connectivity index (χ3v) is 2.52. The molecule has 13 heavy (non-hydrogen) atoms. The maximum absolute atomic E-state index is 10.2. The van der Waals surface area contributed by atoms with Gasteiger partial charge in [-0.1, -0.05) is 11.3 Å². The summed E-state index contributed by atoms with van der Waals surface area (Å²) in [6.07, 6.45) is 0. The minimum Gasteiger partial charge on any atom is -0.394 e. The molecule has 1 aromatic heterocycles. The van der Waals surface area contributed by atoms with E-state index >= 15 is 0 Å². The molecule has 1 rings (SSSR count). The normalized spacial score (nSPS) is 11.8. The van der Waals surface area contributed by atoms with E-state index in [2.05, 4.69) is 0 Å². The molecule has 0 aromatic carbocycles. The van der Waals surface area contributed by atoms with Crippen LogP contribution in [0.2, 0.25) is 0 Å². The number of aliphatic hydroxyl groups is 1. The van der Waals surface area contributed by atoms with E-state index < -0.39 is 11.0 Å². The van der Waals surface area contributed by atoms with Crippen LogP contribution in [-0.4, -0.2) is 16.6 Å². The molecule has 3 N–H and O–H groups in total. The van der Waals surface area contributed by atoms with Gasteiger partial charge in [-0.15, -0.1) is 12.4 Å². The zero-order valence-electron chi connectivity index (χ0n) is 6.54. The summed E-state index contributed by atoms with van der Waals surface area (Å²) in [6, 6.07) is 2.43. The molecule has 0 spiro atoms. The molecule has 1 aromatic rings. The van der Waals surface area contributed by atoms with Crippen LogP contribution in [0.5, 0.6) is 0 Å². The van der Waals surface area contributed by atoms with Crippen LogP contribution in [0.1, 0.15) is 10.9 Å². The van der Waals surface area contributed by atoms with E-state index in [0.717, 1.165) is 11.3 Å². The molecule has 5 nitrogen and oxygen atoms in total. The molecule has 0 aliphatic heterocycles. The molecule has 0 aliphatic carbocycles. The van der Waals surface area contributed by atoms with E-state index in [4.69, 9.17) is 10.8 Å². The third-order valence-electron chi connectivity index (χ3n) is 1.35. The van der Waals surface area contributed by atoms with Gasteiger partial charge in [0.05, 0.1) is 17.6 Å². The Morgan fingerprint density at radius 3 is 2.69 bits per heavy atom. The fourth-order valence-corrected chi connectivity index (χ4v) is 1.54. The van der Waals surface area contributed by atoms with Gasteiger partial charge in [-0.25, -0.2) is 0 Å². The van der Waals surface area contributed by atoms with Gasteiger partial charge in [0.2, 0.25) is 0 Å². The number of hydrogen-bond donors (Lipinski definition) is 2. The number of rotatable bonds is 3. The van der Waals surface area contributed by atoms with Crippen LogP contribution in [0.15, 0.2) is 12.1 Å². The van der Waals surface area contributed by atoms with Crippen molar-refractivity contribution in [1.29, 1.82) is 0 Å². The number of nitrogens with zero attached hydrogens (tertiary/aromatic N) is 1. The van der Waals surface area contributed by atoms with Gasteiger partial charge >= 0.3 is 5.00 Å². The zero-order valence-corrected chi connectivity index (χ0v) is 8.18. The van der Waals surface area contributed by atoms with Gasteiger partial charge < -0.3 is 10.8 Å². The Labute approximate surface area is 84.7 Å². The van der Waals surface area contributed by atoms with Crippen molar-refractivity contribution in [2.45, 2.75) is 6.04 Å². The molecule has 0 radical (unpaired) electrons. The Morgan fingerprint density at radius 1 is 1.69 bits per heavy atom. The maximum Gasteiger partial charge on any atom is 0.324 e. The fourth-order valence-electron chi connectivity index (χ4n) is 0.730. The van der Waals surface area contributed by atoms with Crippen LogP contribution < -0.4 is 5.73 Å². The Balaban J connectivity index is 0.00000144. The summed E-state index contributed by atoms with van der Waals surface area (Å²) >= 11 is 0.990. The number of aliphatic hydroxyl groups excluding tert-OH is 1. The van der Waals surface area contributed by atoms with Crippen LogP contribution in [-0.2, 0) is 0 Å². The first kappa shape index (κ1) is 12.3. The van der Waals surface area contributed by atoms with Crippen LogP contribution >= 0.6 is 23.7 Å². The summed E-state index contributed by atoms with van der Waals surface area (Å²) in [5, 5.41) is 18.9. The first-order valence-corrected chi connectivity index (χ1v) is 4.07. The van der Waals surface area contributed by atoms with E-state index in [1.165, 1.54) is 6.07 Å². The van der Waals surface area contributed by atoms with E-state index in [1.54, 1.807) is 6.07 Å². The minimum absolute atomic E-state index is 0. The van der Waals surface area contributed by atoms with Crippen molar-refractivity contribution < 1.29 is 10.0 Å². The van der Waals surface area contributed by atoms with Gasteiger partial charge in [-0.3, -0.25) is 10.1 Å². The van der Waals surface area contributed by atoms with Crippen molar-refractivity contribution in [1.82, 2.24) is 0 Å². The van der Waals surface area contributed by atoms with Crippen LogP contribution in [0.25, 0.3) is 0 Å². The lowest BCUT2D eigenvalue weighted by Gasteiger charge is -2.01. The Morgan fingerprint density at radius 2 is 2.31 bits per heavy atom. The predicted octanol–water partition coefficient (Wildman–Crippen LogP) is 1.07. The molecular weight excluding hydrogens is 216 g/mol. The lowest BCUT2D eigenvalue weighted by molar-refractivity contribution is -0.380. The van der Waals surface area contributed by atoms with Gasteiger partial charge in [0, 0.05) is 10.9 Å². The smallest absolute Gasteiger partial charge is 0.324 e. The Kier molecular flexibility index (Phi) is 4.86. The molecule has 7 heteroatoms. The highest BCUT2D eigenvalue weighted by molar-refractivity contribution is 7.15. The molecule has 0 amide bonds. The van der Waals surface area contributed by atoms with Crippen LogP contribution in [0.3, 0.4) is 0 Å². The highest BCUT2D eigenvalue weighted by Gasteiger charge is 2.13. The summed E-state index contributed by atoms with van der Waals surface area (Å²) in [4.78, 5) is 10.4. The standard InChI is InChI=1S/C6H8N2O3S.ClH/c7-4(3-9)5-1-2-6(12-5)8(10)11;/h1-2,4,9H,3,7H2;1H/t4-;/m1./s1. The molecule has 0 saturated carbocycles. The second kappa shape index (κ2) is 5.13. The van der Waals surface area contributed by atoms with E-state index in [1.807, 2.05) is 0 Å². The number of hydrogen-bond acceptors (Lipinski definition) is 5. The summed E-state index contributed by atoms with van der Waals surface area (Å²) in [5.74, 6) is 0. The number of halogens is 1. The molecule has 0 fully saturated rings. The topological polar surface area (TPSA) is 89.4 Å². The predicted molar refractivity (Wildman–Crippen MR) is 52.2 cm³/mol. The van der Waals surface area contributed by atoms with Gasteiger partial charge in [-0.2, -0.15) is 0 Å². The maximum atomic E-state index is 10.2. The van der Waals surface area contributed by atoms with Gasteiger partial charge in [0.1, 0.15) is 0 Å². The van der Waals surface area contributed by atoms with Crippen molar-refractivity contribution >= 4 is 28.7 Å². The van der Waals surface area contributed by atoms with Crippen LogP contribution in [0.4, 0.5) is 5.00 Å². The molecule has 0 aliphatic rings. The molecule has 0 unspecified atom stereocenters. The van der Waals surface area contributed by atoms with Gasteiger partial charge in [0.25, 0.3) is 0 Å². The van der Waals surface area contributed by atoms with Gasteiger partial charge in [-0.05, 0) is 6.07 Å². The quantitative estimate of drug-likeness (QED) is 0.594. The molecule has 1 atom stereocenters. The summed E-state index contributed by atoms with van der Waals surface area (Å²) in [6.45, 7) is -0.197. The van der Waals surface area contributed by atoms with Crippen molar-refractivity contribution in [3.05, 3.63) is 27.1 Å². The molecular formula is C6H9ClN2O3S. The largest absolute Gasteiger partial charge is 0.394 e. The highest BCUT2D eigenvalue weighted by atomic mass is 35.5. The minimum atomic E-state index is -0.510. The lowest BCUT2D eigenvalue weighted by atomic mass is 10.3. The average molecular weight is 225 g/mol. The van der Waals surface area contributed by atoms with Crippen molar-refractivity contribution in [2.75, 3.05) is 6.61 Å². The Hall–Kier alpha value is -0.690.